The molecular weight excluding hydrogens is 280 g/mol. The molecule has 1 aromatic carbocycles. The highest BCUT2D eigenvalue weighted by atomic mass is 32.1. The van der Waals surface area contributed by atoms with Gasteiger partial charge in [-0.05, 0) is 24.4 Å². The molecule has 20 heavy (non-hydrogen) atoms. The third-order valence-corrected chi connectivity index (χ3v) is 3.36. The minimum absolute atomic E-state index is 0.0617. The molecule has 0 saturated carbocycles. The van der Waals surface area contributed by atoms with Crippen LogP contribution in [0.4, 0.5) is 0 Å². The Morgan fingerprint density at radius 3 is 2.25 bits per heavy atom. The summed E-state index contributed by atoms with van der Waals surface area (Å²) in [6.45, 7) is -0.0617. The van der Waals surface area contributed by atoms with Crippen LogP contribution in [0.5, 0.6) is 0 Å². The van der Waals surface area contributed by atoms with Crippen LogP contribution >= 0.6 is 12.2 Å². The number of nitrogens with one attached hydrogen (secondary N) is 3. The molecule has 7 nitrogen and oxygen atoms in total. The van der Waals surface area contributed by atoms with Gasteiger partial charge in [0.1, 0.15) is 6.04 Å². The maximum Gasteiger partial charge on any atom is 0.261 e. The highest BCUT2D eigenvalue weighted by molar-refractivity contribution is 7.80. The summed E-state index contributed by atoms with van der Waals surface area (Å²) in [5, 5.41) is 2.58. The Labute approximate surface area is 119 Å². The predicted molar refractivity (Wildman–Crippen MR) is 72.6 cm³/mol. The molecule has 102 valence electrons. The number of carbonyl (C=O) groups is 3. The second-order valence-electron chi connectivity index (χ2n) is 4.41. The van der Waals surface area contributed by atoms with Crippen molar-refractivity contribution >= 4 is 35.1 Å². The van der Waals surface area contributed by atoms with Gasteiger partial charge >= 0.3 is 0 Å². The maximum atomic E-state index is 12.2. The van der Waals surface area contributed by atoms with E-state index in [1.807, 2.05) is 0 Å². The van der Waals surface area contributed by atoms with Gasteiger partial charge in [0, 0.05) is 0 Å². The van der Waals surface area contributed by atoms with Crippen LogP contribution in [0.25, 0.3) is 0 Å². The number of thiocarbonyl (C=S) groups is 1. The molecule has 3 amide bonds. The average Bonchev–Trinajstić information content (AvgIpc) is 2.67. The summed E-state index contributed by atoms with van der Waals surface area (Å²) in [6.07, 6.45) is 0. The Balaban J connectivity index is 1.80. The van der Waals surface area contributed by atoms with Crippen molar-refractivity contribution in [2.45, 2.75) is 6.04 Å². The molecule has 1 saturated heterocycles. The first kappa shape index (κ1) is 12.7. The van der Waals surface area contributed by atoms with E-state index in [1.54, 1.807) is 24.3 Å². The van der Waals surface area contributed by atoms with E-state index in [2.05, 4.69) is 16.2 Å². The van der Waals surface area contributed by atoms with E-state index >= 15 is 0 Å². The highest BCUT2D eigenvalue weighted by Crippen LogP contribution is 2.22. The van der Waals surface area contributed by atoms with E-state index in [9.17, 15) is 14.4 Å². The van der Waals surface area contributed by atoms with Gasteiger partial charge in [-0.2, -0.15) is 0 Å². The largest absolute Gasteiger partial charge is 0.301 e. The van der Waals surface area contributed by atoms with Gasteiger partial charge in [0.25, 0.3) is 11.8 Å². The van der Waals surface area contributed by atoms with Crippen LogP contribution in [0.15, 0.2) is 24.3 Å². The van der Waals surface area contributed by atoms with Crippen molar-refractivity contribution in [3.05, 3.63) is 35.4 Å². The highest BCUT2D eigenvalue weighted by Gasteiger charge is 2.38. The second-order valence-corrected chi connectivity index (χ2v) is 4.82. The van der Waals surface area contributed by atoms with E-state index < -0.39 is 17.9 Å². The number of benzene rings is 1. The Kier molecular flexibility index (Phi) is 2.96. The maximum absolute atomic E-state index is 12.2. The van der Waals surface area contributed by atoms with Crippen LogP contribution in [0.1, 0.15) is 20.7 Å². The lowest BCUT2D eigenvalue weighted by atomic mass is 10.1. The van der Waals surface area contributed by atoms with Crippen molar-refractivity contribution in [1.82, 2.24) is 21.1 Å². The minimum atomic E-state index is -0.746. The first-order valence-electron chi connectivity index (χ1n) is 5.89. The normalized spacial score (nSPS) is 21.6. The Morgan fingerprint density at radius 1 is 1.10 bits per heavy atom. The number of hydrogen-bond donors (Lipinski definition) is 3. The molecule has 1 fully saturated rings. The zero-order valence-electron chi connectivity index (χ0n) is 10.2. The average molecular weight is 290 g/mol. The summed E-state index contributed by atoms with van der Waals surface area (Å²) in [6, 6.07) is 5.83. The summed E-state index contributed by atoms with van der Waals surface area (Å²) in [4.78, 5) is 37.1. The fourth-order valence-corrected chi connectivity index (χ4v) is 2.32. The van der Waals surface area contributed by atoms with Crippen LogP contribution in [-0.4, -0.2) is 40.3 Å². The molecular formula is C12H10N4O3S. The quantitative estimate of drug-likeness (QED) is 0.486. The zero-order chi connectivity index (χ0) is 14.3. The van der Waals surface area contributed by atoms with Gasteiger partial charge < -0.3 is 5.32 Å². The first-order chi connectivity index (χ1) is 9.58. The van der Waals surface area contributed by atoms with Crippen molar-refractivity contribution in [3.63, 3.8) is 0 Å². The van der Waals surface area contributed by atoms with Crippen molar-refractivity contribution < 1.29 is 14.4 Å². The van der Waals surface area contributed by atoms with E-state index in [1.165, 1.54) is 0 Å². The number of hydrogen-bond acceptors (Lipinski definition) is 5. The van der Waals surface area contributed by atoms with E-state index in [0.29, 0.717) is 11.1 Å². The lowest BCUT2D eigenvalue weighted by Crippen LogP contribution is -2.65. The topological polar surface area (TPSA) is 90.5 Å². The number of amides is 3. The van der Waals surface area contributed by atoms with Gasteiger partial charge in [0.05, 0.1) is 17.7 Å². The van der Waals surface area contributed by atoms with Crippen molar-refractivity contribution in [2.24, 2.45) is 0 Å². The number of imide groups is 1. The number of nitrogens with zero attached hydrogens (tertiary/aromatic N) is 1. The summed E-state index contributed by atoms with van der Waals surface area (Å²) in [7, 11) is 0. The van der Waals surface area contributed by atoms with Crippen LogP contribution in [0.3, 0.4) is 0 Å². The lowest BCUT2D eigenvalue weighted by molar-refractivity contribution is -0.122. The summed E-state index contributed by atoms with van der Waals surface area (Å²) in [5.41, 5.74) is 5.97. The molecule has 3 N–H and O–H groups in total. The summed E-state index contributed by atoms with van der Waals surface area (Å²) in [5.74, 6) is -1.17. The smallest absolute Gasteiger partial charge is 0.261 e. The minimum Gasteiger partial charge on any atom is -0.301 e. The van der Waals surface area contributed by atoms with E-state index in [-0.39, 0.29) is 17.6 Å². The molecule has 3 rings (SSSR count). The van der Waals surface area contributed by atoms with Crippen molar-refractivity contribution in [3.8, 4) is 0 Å². The van der Waals surface area contributed by atoms with Crippen LogP contribution < -0.4 is 16.2 Å². The second kappa shape index (κ2) is 4.66. The SMILES string of the molecule is O=C1NC(=S)NNC1CN1C(=O)c2ccccc2C1=O. The van der Waals surface area contributed by atoms with Gasteiger partial charge in [-0.1, -0.05) is 12.1 Å². The molecule has 1 atom stereocenters. The third kappa shape index (κ3) is 1.95. The van der Waals surface area contributed by atoms with Gasteiger partial charge in [-0.3, -0.25) is 24.7 Å². The zero-order valence-corrected chi connectivity index (χ0v) is 11.0. The fourth-order valence-electron chi connectivity index (χ4n) is 2.16. The summed E-state index contributed by atoms with van der Waals surface area (Å²) < 4.78 is 0. The van der Waals surface area contributed by atoms with Crippen LogP contribution in [-0.2, 0) is 4.79 Å². The Morgan fingerprint density at radius 2 is 1.70 bits per heavy atom. The molecule has 0 radical (unpaired) electrons. The van der Waals surface area contributed by atoms with E-state index in [0.717, 1.165) is 4.90 Å². The molecule has 0 aromatic heterocycles. The first-order valence-corrected chi connectivity index (χ1v) is 6.30. The van der Waals surface area contributed by atoms with Gasteiger partial charge in [-0.15, -0.1) is 0 Å². The van der Waals surface area contributed by atoms with Crippen LogP contribution in [0.2, 0.25) is 0 Å². The molecule has 0 aliphatic carbocycles. The lowest BCUT2D eigenvalue weighted by Gasteiger charge is -2.27. The Hall–Kier alpha value is -2.32. The van der Waals surface area contributed by atoms with Crippen molar-refractivity contribution in [2.75, 3.05) is 6.54 Å². The molecule has 8 heteroatoms. The monoisotopic (exact) mass is 290 g/mol. The predicted octanol–water partition coefficient (Wildman–Crippen LogP) is -0.840. The van der Waals surface area contributed by atoms with E-state index in [4.69, 9.17) is 12.2 Å². The summed E-state index contributed by atoms with van der Waals surface area (Å²) >= 11 is 4.77. The molecule has 0 spiro atoms. The molecule has 2 aliphatic heterocycles. The number of hydrazine groups is 1. The third-order valence-electron chi connectivity index (χ3n) is 3.16. The molecule has 2 aliphatic rings. The standard InChI is InChI=1S/C12H10N4O3S/c17-9-8(14-15-12(20)13-9)5-16-10(18)6-3-1-2-4-7(6)11(16)19/h1-4,8,14H,5H2,(H2,13,15,17,20). The van der Waals surface area contributed by atoms with Crippen molar-refractivity contribution in [1.29, 1.82) is 0 Å². The Bertz CT molecular complexity index is 610. The van der Waals surface area contributed by atoms with Crippen LogP contribution in [0, 0.1) is 0 Å². The molecule has 1 aromatic rings. The van der Waals surface area contributed by atoms with Gasteiger partial charge in [0.2, 0.25) is 5.91 Å². The molecule has 2 heterocycles. The van der Waals surface area contributed by atoms with Gasteiger partial charge in [-0.25, -0.2) is 5.43 Å². The number of rotatable bonds is 2. The number of fused-ring (bicyclic) bond motifs is 1. The van der Waals surface area contributed by atoms with Gasteiger partial charge in [0.15, 0.2) is 5.11 Å². The number of carbonyl (C=O) groups excluding carboxylic acids is 3. The molecule has 0 bridgehead atoms. The fraction of sp³-hybridized carbons (Fsp3) is 0.167. The molecule has 1 unspecified atom stereocenters.